The van der Waals surface area contributed by atoms with Crippen molar-refractivity contribution in [1.82, 2.24) is 9.80 Å². The van der Waals surface area contributed by atoms with Crippen molar-refractivity contribution in [2.45, 2.75) is 32.4 Å². The second-order valence-corrected chi connectivity index (χ2v) is 4.99. The van der Waals surface area contributed by atoms with Crippen LogP contribution in [0.4, 0.5) is 0 Å². The van der Waals surface area contributed by atoms with E-state index in [0.717, 1.165) is 13.1 Å². The first-order chi connectivity index (χ1) is 6.91. The molecule has 1 fully saturated rings. The van der Waals surface area contributed by atoms with Gasteiger partial charge in [-0.15, -0.1) is 0 Å². The largest absolute Gasteiger partial charge is 0.341 e. The molecule has 1 aliphatic rings. The van der Waals surface area contributed by atoms with E-state index in [2.05, 4.69) is 25.9 Å². The number of likely N-dealkylation sites (N-methyl/N-ethyl adjacent to an activating group) is 1. The number of rotatable bonds is 3. The summed E-state index contributed by atoms with van der Waals surface area (Å²) in [6.45, 7) is 5.79. The van der Waals surface area contributed by atoms with Crippen molar-refractivity contribution < 1.29 is 4.79 Å². The van der Waals surface area contributed by atoms with Crippen molar-refractivity contribution in [2.75, 3.05) is 27.2 Å². The molecule has 3 atom stereocenters. The van der Waals surface area contributed by atoms with Gasteiger partial charge in [-0.2, -0.15) is 0 Å². The number of nitrogens with zero attached hydrogens (tertiary/aromatic N) is 2. The van der Waals surface area contributed by atoms with Gasteiger partial charge in [0.25, 0.3) is 0 Å². The van der Waals surface area contributed by atoms with Gasteiger partial charge in [-0.3, -0.25) is 4.79 Å². The summed E-state index contributed by atoms with van der Waals surface area (Å²) in [6, 6.07) is 0.452. The molecule has 2 N–H and O–H groups in total. The molecule has 0 radical (unpaired) electrons. The smallest absolute Gasteiger partial charge is 0.224 e. The van der Waals surface area contributed by atoms with Gasteiger partial charge in [-0.05, 0) is 26.9 Å². The molecule has 1 amide bonds. The molecule has 3 unspecified atom stereocenters. The molecule has 1 rings (SSSR count). The fourth-order valence-corrected chi connectivity index (χ4v) is 2.23. The third kappa shape index (κ3) is 3.18. The Balaban J connectivity index is 2.50. The third-order valence-electron chi connectivity index (χ3n) is 3.09. The highest BCUT2D eigenvalue weighted by molar-refractivity contribution is 5.77. The fraction of sp³-hybridized carbons (Fsp3) is 0.909. The lowest BCUT2D eigenvalue weighted by molar-refractivity contribution is -0.130. The van der Waals surface area contributed by atoms with Crippen LogP contribution in [0.25, 0.3) is 0 Å². The second-order valence-electron chi connectivity index (χ2n) is 4.99. The number of amides is 1. The predicted molar refractivity (Wildman–Crippen MR) is 61.5 cm³/mol. The molecule has 1 saturated heterocycles. The summed E-state index contributed by atoms with van der Waals surface area (Å²) >= 11 is 0. The SMILES string of the molecule is CC(N)CC(=O)N1CC(C)C(N(C)C)C1. The van der Waals surface area contributed by atoms with Crippen LogP contribution in [0.2, 0.25) is 0 Å². The van der Waals surface area contributed by atoms with Crippen molar-refractivity contribution in [3.05, 3.63) is 0 Å². The van der Waals surface area contributed by atoms with Gasteiger partial charge < -0.3 is 15.5 Å². The third-order valence-corrected chi connectivity index (χ3v) is 3.09. The van der Waals surface area contributed by atoms with Crippen LogP contribution in [0.5, 0.6) is 0 Å². The molecule has 1 heterocycles. The van der Waals surface area contributed by atoms with E-state index < -0.39 is 0 Å². The molecule has 1 aliphatic heterocycles. The van der Waals surface area contributed by atoms with Gasteiger partial charge in [-0.25, -0.2) is 0 Å². The first-order valence-corrected chi connectivity index (χ1v) is 5.61. The lowest BCUT2D eigenvalue weighted by atomic mass is 10.1. The summed E-state index contributed by atoms with van der Waals surface area (Å²) in [5.74, 6) is 0.748. The molecule has 15 heavy (non-hydrogen) atoms. The molecule has 0 aromatic rings. The summed E-state index contributed by atoms with van der Waals surface area (Å²) in [7, 11) is 4.14. The Bertz CT molecular complexity index is 228. The van der Waals surface area contributed by atoms with Crippen LogP contribution >= 0.6 is 0 Å². The highest BCUT2D eigenvalue weighted by atomic mass is 16.2. The summed E-state index contributed by atoms with van der Waals surface area (Å²) in [5.41, 5.74) is 5.63. The van der Waals surface area contributed by atoms with E-state index in [-0.39, 0.29) is 11.9 Å². The summed E-state index contributed by atoms with van der Waals surface area (Å²) in [5, 5.41) is 0. The number of carbonyl (C=O) groups is 1. The van der Waals surface area contributed by atoms with Gasteiger partial charge in [0.2, 0.25) is 5.91 Å². The zero-order valence-corrected chi connectivity index (χ0v) is 10.2. The molecular formula is C11H23N3O. The molecule has 4 heteroatoms. The molecule has 0 bridgehead atoms. The number of hydrogen-bond donors (Lipinski definition) is 1. The summed E-state index contributed by atoms with van der Waals surface area (Å²) in [4.78, 5) is 15.9. The van der Waals surface area contributed by atoms with Crippen LogP contribution in [0.15, 0.2) is 0 Å². The highest BCUT2D eigenvalue weighted by Crippen LogP contribution is 2.20. The van der Waals surface area contributed by atoms with Crippen LogP contribution < -0.4 is 5.73 Å². The molecule has 0 aromatic heterocycles. The minimum Gasteiger partial charge on any atom is -0.341 e. The molecule has 0 saturated carbocycles. The van der Waals surface area contributed by atoms with Crippen molar-refractivity contribution in [2.24, 2.45) is 11.7 Å². The van der Waals surface area contributed by atoms with Crippen LogP contribution in [0.1, 0.15) is 20.3 Å². The Morgan fingerprint density at radius 1 is 1.53 bits per heavy atom. The van der Waals surface area contributed by atoms with Gasteiger partial charge in [0.1, 0.15) is 0 Å². The van der Waals surface area contributed by atoms with Crippen LogP contribution in [0.3, 0.4) is 0 Å². The minimum absolute atomic E-state index is 0.0359. The van der Waals surface area contributed by atoms with E-state index in [1.54, 1.807) is 0 Å². The van der Waals surface area contributed by atoms with E-state index in [0.29, 0.717) is 18.4 Å². The van der Waals surface area contributed by atoms with E-state index in [1.807, 2.05) is 11.8 Å². The number of likely N-dealkylation sites (tertiary alicyclic amines) is 1. The summed E-state index contributed by atoms with van der Waals surface area (Å²) in [6.07, 6.45) is 0.465. The van der Waals surface area contributed by atoms with E-state index in [1.165, 1.54) is 0 Å². The first-order valence-electron chi connectivity index (χ1n) is 5.61. The molecule has 0 aliphatic carbocycles. The average Bonchev–Trinajstić information content (AvgIpc) is 2.46. The maximum absolute atomic E-state index is 11.8. The van der Waals surface area contributed by atoms with Gasteiger partial charge in [0.05, 0.1) is 0 Å². The predicted octanol–water partition coefficient (Wildman–Crippen LogP) is 0.132. The van der Waals surface area contributed by atoms with E-state index in [4.69, 9.17) is 5.73 Å². The number of carbonyl (C=O) groups excluding carboxylic acids is 1. The topological polar surface area (TPSA) is 49.6 Å². The van der Waals surface area contributed by atoms with Gasteiger partial charge in [0.15, 0.2) is 0 Å². The number of hydrogen-bond acceptors (Lipinski definition) is 3. The van der Waals surface area contributed by atoms with Gasteiger partial charge in [-0.1, -0.05) is 6.92 Å². The Labute approximate surface area is 92.4 Å². The molecule has 0 aromatic carbocycles. The zero-order valence-electron chi connectivity index (χ0n) is 10.2. The normalized spacial score (nSPS) is 28.5. The monoisotopic (exact) mass is 213 g/mol. The Hall–Kier alpha value is -0.610. The zero-order chi connectivity index (χ0) is 11.6. The van der Waals surface area contributed by atoms with Crippen LogP contribution in [-0.2, 0) is 4.79 Å². The molecular weight excluding hydrogens is 190 g/mol. The van der Waals surface area contributed by atoms with Crippen molar-refractivity contribution >= 4 is 5.91 Å². The standard InChI is InChI=1S/C11H23N3O/c1-8-6-14(7-10(8)13(3)4)11(15)5-9(2)12/h8-10H,5-7,12H2,1-4H3. The Kier molecular flexibility index (Phi) is 4.11. The Morgan fingerprint density at radius 2 is 2.13 bits per heavy atom. The maximum atomic E-state index is 11.8. The van der Waals surface area contributed by atoms with Crippen molar-refractivity contribution in [3.8, 4) is 0 Å². The Morgan fingerprint density at radius 3 is 2.53 bits per heavy atom. The van der Waals surface area contributed by atoms with Gasteiger partial charge in [0, 0.05) is 31.6 Å². The van der Waals surface area contributed by atoms with Crippen LogP contribution in [-0.4, -0.2) is 55.0 Å². The van der Waals surface area contributed by atoms with Crippen molar-refractivity contribution in [3.63, 3.8) is 0 Å². The minimum atomic E-state index is -0.0359. The van der Waals surface area contributed by atoms with E-state index in [9.17, 15) is 4.79 Å². The maximum Gasteiger partial charge on any atom is 0.224 e. The summed E-state index contributed by atoms with van der Waals surface area (Å²) < 4.78 is 0. The molecule has 88 valence electrons. The van der Waals surface area contributed by atoms with E-state index >= 15 is 0 Å². The lowest BCUT2D eigenvalue weighted by Gasteiger charge is -2.22. The fourth-order valence-electron chi connectivity index (χ4n) is 2.23. The quantitative estimate of drug-likeness (QED) is 0.725. The highest BCUT2D eigenvalue weighted by Gasteiger charge is 2.33. The average molecular weight is 213 g/mol. The van der Waals surface area contributed by atoms with Crippen LogP contribution in [0, 0.1) is 5.92 Å². The molecule has 4 nitrogen and oxygen atoms in total. The lowest BCUT2D eigenvalue weighted by Crippen LogP contribution is -2.37. The molecule has 0 spiro atoms. The van der Waals surface area contributed by atoms with Crippen molar-refractivity contribution in [1.29, 1.82) is 0 Å². The number of nitrogens with two attached hydrogens (primary N) is 1. The first kappa shape index (κ1) is 12.5. The van der Waals surface area contributed by atoms with Gasteiger partial charge >= 0.3 is 0 Å². The second kappa shape index (κ2) is 4.94.